The molecule has 0 spiro atoms. The molecular weight excluding hydrogens is 671 g/mol. The molecule has 0 fully saturated rings. The highest BCUT2D eigenvalue weighted by atomic mass is 16.4. The summed E-state index contributed by atoms with van der Waals surface area (Å²) in [5.74, 6) is 1.51. The molecule has 12 rings (SSSR count). The highest BCUT2D eigenvalue weighted by Crippen LogP contribution is 2.57. The lowest BCUT2D eigenvalue weighted by Gasteiger charge is -2.34. The molecule has 55 heavy (non-hydrogen) atoms. The van der Waals surface area contributed by atoms with Crippen LogP contribution in [0.5, 0.6) is 0 Å². The van der Waals surface area contributed by atoms with Crippen LogP contribution in [0.15, 0.2) is 197 Å². The highest BCUT2D eigenvalue weighted by molar-refractivity contribution is 6.17. The monoisotopic (exact) mass is 703 g/mol. The molecule has 8 aromatic carbocycles. The van der Waals surface area contributed by atoms with E-state index in [0.29, 0.717) is 0 Å². The zero-order valence-electron chi connectivity index (χ0n) is 29.8. The van der Waals surface area contributed by atoms with Crippen LogP contribution in [0.3, 0.4) is 0 Å². The second kappa shape index (κ2) is 11.4. The SMILES string of the molecule is c1ccc(C2(c3ccccc3)c3ccccc3-c3c(C4=NC(n5c6ccccc6c6cc7ccccc7cc65)c5c(oc6ccccc56)N4)cccc32)cc1. The maximum atomic E-state index is 6.73. The van der Waals surface area contributed by atoms with Gasteiger partial charge in [-0.1, -0.05) is 164 Å². The van der Waals surface area contributed by atoms with Crippen molar-refractivity contribution in [3.8, 4) is 11.1 Å². The number of fused-ring (bicyclic) bond motifs is 10. The standard InChI is InChI=1S/C51H33N3O/c1-3-18-34(19-4-1)51(35-20-5-2-6-21-35)41-26-12-9-23-37(41)46-39(25-15-27-42(46)51)48-52-49(47-38-24-11-14-29-45(38)55-50(47)53-48)54-43-28-13-10-22-36(43)40-30-32-16-7-8-17-33(32)31-44(40)54/h1-31,49H,(H,52,53). The van der Waals surface area contributed by atoms with E-state index in [0.717, 1.165) is 44.8 Å². The lowest BCUT2D eigenvalue weighted by atomic mass is 9.67. The van der Waals surface area contributed by atoms with Crippen molar-refractivity contribution in [3.63, 3.8) is 0 Å². The van der Waals surface area contributed by atoms with Crippen molar-refractivity contribution >= 4 is 55.3 Å². The van der Waals surface area contributed by atoms with Gasteiger partial charge in [0.05, 0.1) is 22.0 Å². The first kappa shape index (κ1) is 30.3. The number of hydrogen-bond acceptors (Lipinski definition) is 3. The van der Waals surface area contributed by atoms with Crippen molar-refractivity contribution < 1.29 is 4.42 Å². The average molecular weight is 704 g/mol. The smallest absolute Gasteiger partial charge is 0.207 e. The van der Waals surface area contributed by atoms with Crippen LogP contribution in [0.1, 0.15) is 39.5 Å². The van der Waals surface area contributed by atoms with Gasteiger partial charge in [-0.3, -0.25) is 0 Å². The molecule has 4 nitrogen and oxygen atoms in total. The van der Waals surface area contributed by atoms with Gasteiger partial charge in [-0.15, -0.1) is 0 Å². The van der Waals surface area contributed by atoms with Crippen LogP contribution in [-0.4, -0.2) is 10.4 Å². The van der Waals surface area contributed by atoms with Crippen LogP contribution < -0.4 is 5.32 Å². The molecule has 258 valence electrons. The fraction of sp³-hybridized carbons (Fsp3) is 0.0392. The van der Waals surface area contributed by atoms with Crippen LogP contribution >= 0.6 is 0 Å². The molecule has 2 aromatic heterocycles. The van der Waals surface area contributed by atoms with E-state index in [9.17, 15) is 0 Å². The van der Waals surface area contributed by atoms with E-state index in [1.807, 2.05) is 6.07 Å². The lowest BCUT2D eigenvalue weighted by Crippen LogP contribution is -2.29. The lowest BCUT2D eigenvalue weighted by molar-refractivity contribution is 0.597. The summed E-state index contributed by atoms with van der Waals surface area (Å²) in [6.07, 6.45) is -0.404. The molecule has 1 unspecified atom stereocenters. The largest absolute Gasteiger partial charge is 0.440 e. The molecule has 1 atom stereocenters. The van der Waals surface area contributed by atoms with Gasteiger partial charge in [0, 0.05) is 21.7 Å². The number of nitrogens with one attached hydrogen (secondary N) is 1. The van der Waals surface area contributed by atoms with Crippen LogP contribution in [-0.2, 0) is 5.41 Å². The first-order chi connectivity index (χ1) is 27.3. The van der Waals surface area contributed by atoms with Crippen molar-refractivity contribution in [1.29, 1.82) is 0 Å². The number of rotatable bonds is 4. The van der Waals surface area contributed by atoms with Gasteiger partial charge >= 0.3 is 0 Å². The minimum Gasteiger partial charge on any atom is -0.440 e. The molecule has 1 aliphatic carbocycles. The molecule has 0 saturated carbocycles. The summed E-state index contributed by atoms with van der Waals surface area (Å²) < 4.78 is 9.15. The maximum Gasteiger partial charge on any atom is 0.207 e. The molecular formula is C51H33N3O. The molecule has 0 saturated heterocycles. The Bertz CT molecular complexity index is 3150. The highest BCUT2D eigenvalue weighted by Gasteiger charge is 2.47. The molecule has 1 aliphatic heterocycles. The van der Waals surface area contributed by atoms with Gasteiger partial charge in [0.2, 0.25) is 5.88 Å². The number of para-hydroxylation sites is 2. The van der Waals surface area contributed by atoms with E-state index in [2.05, 4.69) is 192 Å². The Balaban J connectivity index is 1.17. The Morgan fingerprint density at radius 3 is 1.93 bits per heavy atom. The number of furan rings is 1. The van der Waals surface area contributed by atoms with Crippen molar-refractivity contribution in [2.45, 2.75) is 11.6 Å². The predicted molar refractivity (Wildman–Crippen MR) is 225 cm³/mol. The molecule has 1 N–H and O–H groups in total. The molecule has 2 aliphatic rings. The Hall–Kier alpha value is -7.17. The Kier molecular flexibility index (Phi) is 6.29. The third-order valence-corrected chi connectivity index (χ3v) is 11.9. The van der Waals surface area contributed by atoms with Crippen molar-refractivity contribution in [1.82, 2.24) is 4.57 Å². The molecule has 4 heteroatoms. The summed E-state index contributed by atoms with van der Waals surface area (Å²) >= 11 is 0. The van der Waals surface area contributed by atoms with E-state index in [4.69, 9.17) is 9.41 Å². The third-order valence-electron chi connectivity index (χ3n) is 11.9. The number of aliphatic imine (C=N–C) groups is 1. The summed E-state index contributed by atoms with van der Waals surface area (Å²) in [7, 11) is 0. The summed E-state index contributed by atoms with van der Waals surface area (Å²) in [5.41, 5.74) is 12.0. The number of aromatic nitrogens is 1. The predicted octanol–water partition coefficient (Wildman–Crippen LogP) is 12.5. The van der Waals surface area contributed by atoms with E-state index in [-0.39, 0.29) is 0 Å². The maximum absolute atomic E-state index is 6.73. The van der Waals surface area contributed by atoms with E-state index in [1.165, 1.54) is 54.9 Å². The van der Waals surface area contributed by atoms with Gasteiger partial charge in [0.25, 0.3) is 0 Å². The fourth-order valence-electron chi connectivity index (χ4n) is 9.70. The zero-order valence-corrected chi connectivity index (χ0v) is 29.8. The quantitative estimate of drug-likeness (QED) is 0.198. The second-order valence-electron chi connectivity index (χ2n) is 14.7. The fourth-order valence-corrected chi connectivity index (χ4v) is 9.70. The van der Waals surface area contributed by atoms with E-state index in [1.54, 1.807) is 0 Å². The van der Waals surface area contributed by atoms with Gasteiger partial charge in [0.15, 0.2) is 6.17 Å². The van der Waals surface area contributed by atoms with Gasteiger partial charge in [-0.2, -0.15) is 0 Å². The Labute approximate surface area is 317 Å². The first-order valence-corrected chi connectivity index (χ1v) is 18.9. The molecule has 3 heterocycles. The minimum absolute atomic E-state index is 0.404. The molecule has 10 aromatic rings. The second-order valence-corrected chi connectivity index (χ2v) is 14.7. The number of benzene rings is 8. The van der Waals surface area contributed by atoms with Crippen molar-refractivity contribution in [2.75, 3.05) is 5.32 Å². The first-order valence-electron chi connectivity index (χ1n) is 18.9. The van der Waals surface area contributed by atoms with Crippen LogP contribution in [0.4, 0.5) is 5.88 Å². The van der Waals surface area contributed by atoms with Gasteiger partial charge in [0.1, 0.15) is 11.4 Å². The van der Waals surface area contributed by atoms with Crippen LogP contribution in [0.2, 0.25) is 0 Å². The summed E-state index contributed by atoms with van der Waals surface area (Å²) in [5, 5.41) is 9.65. The van der Waals surface area contributed by atoms with Crippen LogP contribution in [0, 0.1) is 0 Å². The minimum atomic E-state index is -0.516. The van der Waals surface area contributed by atoms with Crippen molar-refractivity contribution in [2.24, 2.45) is 4.99 Å². The Morgan fingerprint density at radius 2 is 1.13 bits per heavy atom. The number of hydrogen-bond donors (Lipinski definition) is 1. The summed E-state index contributed by atoms with van der Waals surface area (Å²) in [6, 6.07) is 67.8. The average Bonchev–Trinajstić information content (AvgIpc) is 3.89. The third kappa shape index (κ3) is 4.14. The van der Waals surface area contributed by atoms with Gasteiger partial charge in [-0.25, -0.2) is 4.99 Å². The number of nitrogens with zero attached hydrogens (tertiary/aromatic N) is 2. The van der Waals surface area contributed by atoms with Crippen LogP contribution in [0.25, 0.3) is 54.7 Å². The van der Waals surface area contributed by atoms with Crippen molar-refractivity contribution in [3.05, 3.63) is 221 Å². The number of amidine groups is 1. The number of anilines is 1. The van der Waals surface area contributed by atoms with E-state index >= 15 is 0 Å². The summed E-state index contributed by atoms with van der Waals surface area (Å²) in [6.45, 7) is 0. The van der Waals surface area contributed by atoms with Gasteiger partial charge in [-0.05, 0) is 68.4 Å². The van der Waals surface area contributed by atoms with E-state index < -0.39 is 11.6 Å². The Morgan fingerprint density at radius 1 is 0.509 bits per heavy atom. The van der Waals surface area contributed by atoms with Gasteiger partial charge < -0.3 is 14.3 Å². The molecule has 0 radical (unpaired) electrons. The molecule has 0 bridgehead atoms. The normalized spacial score (nSPS) is 15.5. The zero-order chi connectivity index (χ0) is 36.1. The summed E-state index contributed by atoms with van der Waals surface area (Å²) in [4.78, 5) is 5.79. The topological polar surface area (TPSA) is 42.5 Å². The molecule has 0 amide bonds.